The molecule has 3 N–H and O–H groups in total. The highest BCUT2D eigenvalue weighted by molar-refractivity contribution is 7.80. The lowest BCUT2D eigenvalue weighted by molar-refractivity contribution is 0.794. The Kier molecular flexibility index (Phi) is 5.12. The highest BCUT2D eigenvalue weighted by Gasteiger charge is 1.95. The van der Waals surface area contributed by atoms with E-state index in [4.69, 9.17) is 18.0 Å². The largest absolute Gasteiger partial charge is 0.376 e. The van der Waals surface area contributed by atoms with Gasteiger partial charge in [-0.25, -0.2) is 0 Å². The molecule has 0 aromatic heterocycles. The number of thiocarbonyl (C=S) groups is 1. The van der Waals surface area contributed by atoms with E-state index in [-0.39, 0.29) is 0 Å². The minimum Gasteiger partial charge on any atom is -0.376 e. The Morgan fingerprint density at radius 3 is 2.40 bits per heavy atom. The normalized spacial score (nSPS) is 9.93. The molecular formula is C12H18N2S. The molecule has 1 aromatic rings. The molecule has 0 saturated carbocycles. The number of benzene rings is 1. The molecule has 0 saturated heterocycles. The zero-order chi connectivity index (χ0) is 11.1. The lowest BCUT2D eigenvalue weighted by Crippen LogP contribution is -2.28. The van der Waals surface area contributed by atoms with Crippen molar-refractivity contribution in [1.82, 2.24) is 5.32 Å². The molecule has 82 valence electrons. The number of hydrogen-bond acceptors (Lipinski definition) is 1. The molecule has 0 aliphatic carbocycles. The molecule has 0 aliphatic heterocycles. The molecule has 0 heterocycles. The molecule has 0 atom stereocenters. The van der Waals surface area contributed by atoms with Crippen molar-refractivity contribution in [2.45, 2.75) is 32.7 Å². The van der Waals surface area contributed by atoms with Crippen LogP contribution in [-0.2, 0) is 13.0 Å². The van der Waals surface area contributed by atoms with Crippen LogP contribution in [0, 0.1) is 0 Å². The van der Waals surface area contributed by atoms with Crippen molar-refractivity contribution in [2.24, 2.45) is 5.73 Å². The highest BCUT2D eigenvalue weighted by Crippen LogP contribution is 2.07. The minimum absolute atomic E-state index is 0.352. The predicted octanol–water partition coefficient (Wildman–Crippen LogP) is 2.36. The zero-order valence-corrected chi connectivity index (χ0v) is 9.94. The van der Waals surface area contributed by atoms with Gasteiger partial charge in [0.25, 0.3) is 0 Å². The molecule has 2 nitrogen and oxygen atoms in total. The Labute approximate surface area is 96.9 Å². The summed E-state index contributed by atoms with van der Waals surface area (Å²) in [5.74, 6) is 0. The molecule has 0 spiro atoms. The van der Waals surface area contributed by atoms with Gasteiger partial charge in [0.2, 0.25) is 0 Å². The van der Waals surface area contributed by atoms with Gasteiger partial charge in [-0.15, -0.1) is 0 Å². The number of aryl methyl sites for hydroxylation is 1. The van der Waals surface area contributed by atoms with Gasteiger partial charge >= 0.3 is 0 Å². The van der Waals surface area contributed by atoms with Crippen LogP contribution in [0.2, 0.25) is 0 Å². The quantitative estimate of drug-likeness (QED) is 0.751. The van der Waals surface area contributed by atoms with Crippen molar-refractivity contribution >= 4 is 17.3 Å². The SMILES string of the molecule is CCCCc1ccc(CNC(N)=S)cc1. The average Bonchev–Trinajstić information content (AvgIpc) is 2.25. The third kappa shape index (κ3) is 4.79. The van der Waals surface area contributed by atoms with Crippen molar-refractivity contribution in [3.05, 3.63) is 35.4 Å². The molecule has 0 aliphatic rings. The molecule has 0 fully saturated rings. The summed E-state index contributed by atoms with van der Waals surface area (Å²) in [5, 5.41) is 3.29. The molecule has 3 heteroatoms. The Balaban J connectivity index is 2.45. The van der Waals surface area contributed by atoms with Crippen LogP contribution in [-0.4, -0.2) is 5.11 Å². The number of hydrogen-bond donors (Lipinski definition) is 2. The van der Waals surface area contributed by atoms with Crippen molar-refractivity contribution in [2.75, 3.05) is 0 Å². The van der Waals surface area contributed by atoms with Crippen LogP contribution < -0.4 is 11.1 Å². The van der Waals surface area contributed by atoms with Crippen molar-refractivity contribution in [3.8, 4) is 0 Å². The first-order valence-corrected chi connectivity index (χ1v) is 5.74. The molecule has 0 unspecified atom stereocenters. The standard InChI is InChI=1S/C12H18N2S/c1-2-3-4-10-5-7-11(8-6-10)9-14-12(13)15/h5-8H,2-4,9H2,1H3,(H3,13,14,15). The Morgan fingerprint density at radius 1 is 1.27 bits per heavy atom. The topological polar surface area (TPSA) is 38.0 Å². The maximum atomic E-state index is 5.36. The number of rotatable bonds is 5. The van der Waals surface area contributed by atoms with Crippen LogP contribution >= 0.6 is 12.2 Å². The van der Waals surface area contributed by atoms with E-state index in [2.05, 4.69) is 36.5 Å². The van der Waals surface area contributed by atoms with E-state index >= 15 is 0 Å². The van der Waals surface area contributed by atoms with Gasteiger partial charge in [0, 0.05) is 6.54 Å². The van der Waals surface area contributed by atoms with E-state index in [0.29, 0.717) is 11.7 Å². The fraction of sp³-hybridized carbons (Fsp3) is 0.417. The smallest absolute Gasteiger partial charge is 0.163 e. The fourth-order valence-electron chi connectivity index (χ4n) is 1.39. The van der Waals surface area contributed by atoms with Crippen molar-refractivity contribution in [1.29, 1.82) is 0 Å². The van der Waals surface area contributed by atoms with Crippen LogP contribution in [0.3, 0.4) is 0 Å². The van der Waals surface area contributed by atoms with Gasteiger partial charge in [0.05, 0.1) is 0 Å². The second-order valence-corrected chi connectivity index (χ2v) is 4.08. The summed E-state index contributed by atoms with van der Waals surface area (Å²) in [6.45, 7) is 2.92. The zero-order valence-electron chi connectivity index (χ0n) is 9.12. The Hall–Kier alpha value is -1.09. The first-order valence-electron chi connectivity index (χ1n) is 5.33. The summed E-state index contributed by atoms with van der Waals surface area (Å²) in [6, 6.07) is 8.59. The maximum absolute atomic E-state index is 5.36. The van der Waals surface area contributed by atoms with Crippen LogP contribution in [0.4, 0.5) is 0 Å². The maximum Gasteiger partial charge on any atom is 0.163 e. The molecule has 15 heavy (non-hydrogen) atoms. The van der Waals surface area contributed by atoms with Crippen molar-refractivity contribution < 1.29 is 0 Å². The summed E-state index contributed by atoms with van der Waals surface area (Å²) in [4.78, 5) is 0. The van der Waals surface area contributed by atoms with Gasteiger partial charge in [-0.1, -0.05) is 37.6 Å². The van der Waals surface area contributed by atoms with Gasteiger partial charge in [-0.05, 0) is 36.2 Å². The number of unbranched alkanes of at least 4 members (excludes halogenated alkanes) is 1. The number of nitrogens with two attached hydrogens (primary N) is 1. The van der Waals surface area contributed by atoms with E-state index in [1.807, 2.05) is 0 Å². The van der Waals surface area contributed by atoms with E-state index in [9.17, 15) is 0 Å². The molecule has 0 bridgehead atoms. The van der Waals surface area contributed by atoms with Crippen LogP contribution in [0.25, 0.3) is 0 Å². The van der Waals surface area contributed by atoms with Crippen molar-refractivity contribution in [3.63, 3.8) is 0 Å². The second kappa shape index (κ2) is 6.40. The Bertz CT molecular complexity index is 306. The fourth-order valence-corrected chi connectivity index (χ4v) is 1.47. The molecule has 1 rings (SSSR count). The second-order valence-electron chi connectivity index (χ2n) is 3.64. The van der Waals surface area contributed by atoms with E-state index in [1.165, 1.54) is 30.4 Å². The molecular weight excluding hydrogens is 204 g/mol. The minimum atomic E-state index is 0.352. The summed E-state index contributed by atoms with van der Waals surface area (Å²) < 4.78 is 0. The lowest BCUT2D eigenvalue weighted by Gasteiger charge is -2.05. The van der Waals surface area contributed by atoms with Crippen LogP contribution in [0.5, 0.6) is 0 Å². The summed E-state index contributed by atoms with van der Waals surface area (Å²) >= 11 is 4.74. The van der Waals surface area contributed by atoms with Crippen LogP contribution in [0.1, 0.15) is 30.9 Å². The first-order chi connectivity index (χ1) is 7.22. The third-order valence-electron chi connectivity index (χ3n) is 2.31. The van der Waals surface area contributed by atoms with Gasteiger partial charge < -0.3 is 11.1 Å². The van der Waals surface area contributed by atoms with Gasteiger partial charge in [-0.3, -0.25) is 0 Å². The van der Waals surface area contributed by atoms with E-state index < -0.39 is 0 Å². The third-order valence-corrected chi connectivity index (χ3v) is 2.45. The lowest BCUT2D eigenvalue weighted by atomic mass is 10.1. The van der Waals surface area contributed by atoms with E-state index in [0.717, 1.165) is 0 Å². The highest BCUT2D eigenvalue weighted by atomic mass is 32.1. The molecule has 1 aromatic carbocycles. The van der Waals surface area contributed by atoms with Crippen LogP contribution in [0.15, 0.2) is 24.3 Å². The summed E-state index contributed by atoms with van der Waals surface area (Å²) in [6.07, 6.45) is 3.66. The summed E-state index contributed by atoms with van der Waals surface area (Å²) in [7, 11) is 0. The van der Waals surface area contributed by atoms with Gasteiger partial charge in [0.1, 0.15) is 0 Å². The predicted molar refractivity (Wildman–Crippen MR) is 68.7 cm³/mol. The van der Waals surface area contributed by atoms with E-state index in [1.54, 1.807) is 0 Å². The number of nitrogens with one attached hydrogen (secondary N) is 1. The van der Waals surface area contributed by atoms with Gasteiger partial charge in [-0.2, -0.15) is 0 Å². The summed E-state index contributed by atoms with van der Waals surface area (Å²) in [5.41, 5.74) is 7.97. The monoisotopic (exact) mass is 222 g/mol. The molecule has 0 amide bonds. The first kappa shape index (κ1) is 12.0. The van der Waals surface area contributed by atoms with Gasteiger partial charge in [0.15, 0.2) is 5.11 Å². The molecule has 0 radical (unpaired) electrons. The Morgan fingerprint density at radius 2 is 1.87 bits per heavy atom. The average molecular weight is 222 g/mol.